The predicted octanol–water partition coefficient (Wildman–Crippen LogP) is 2.92. The largest absolute Gasteiger partial charge is 0.368 e. The Labute approximate surface area is 135 Å². The van der Waals surface area contributed by atoms with Crippen LogP contribution in [0.1, 0.15) is 0 Å². The van der Waals surface area contributed by atoms with Gasteiger partial charge in [0.25, 0.3) is 0 Å². The second-order valence-corrected chi connectivity index (χ2v) is 5.91. The fourth-order valence-electron chi connectivity index (χ4n) is 2.49. The highest BCUT2D eigenvalue weighted by Crippen LogP contribution is 2.22. The molecule has 2 aromatic carbocycles. The zero-order valence-corrected chi connectivity index (χ0v) is 13.2. The quantitative estimate of drug-likeness (QED) is 0.783. The Bertz CT molecular complexity index is 917. The maximum atomic E-state index is 12.7. The standard InChI is InChI=1S/C17H13BrN2O2/c18-12-6-7-13-15(8-12)20(10-16(19)21)9-14(17(13)22)11-4-2-1-3-5-11/h1-9H,10H2,(H2,19,21). The highest BCUT2D eigenvalue weighted by Gasteiger charge is 2.12. The normalized spacial score (nSPS) is 10.8. The third-order valence-corrected chi connectivity index (χ3v) is 3.95. The zero-order chi connectivity index (χ0) is 15.7. The number of primary amides is 1. The molecule has 1 aromatic heterocycles. The van der Waals surface area contributed by atoms with Gasteiger partial charge in [-0.1, -0.05) is 46.3 Å². The van der Waals surface area contributed by atoms with E-state index in [4.69, 9.17) is 5.73 Å². The molecule has 0 aliphatic carbocycles. The van der Waals surface area contributed by atoms with Gasteiger partial charge in [-0.15, -0.1) is 0 Å². The molecule has 0 atom stereocenters. The van der Waals surface area contributed by atoms with Crippen LogP contribution in [0.5, 0.6) is 0 Å². The van der Waals surface area contributed by atoms with Crippen LogP contribution in [0.3, 0.4) is 0 Å². The van der Waals surface area contributed by atoms with Crippen molar-refractivity contribution >= 4 is 32.7 Å². The molecule has 3 aromatic rings. The van der Waals surface area contributed by atoms with Crippen LogP contribution in [-0.2, 0) is 11.3 Å². The summed E-state index contributed by atoms with van der Waals surface area (Å²) in [6.45, 7) is 0.0209. The lowest BCUT2D eigenvalue weighted by atomic mass is 10.0. The van der Waals surface area contributed by atoms with Crippen molar-refractivity contribution in [2.45, 2.75) is 6.54 Å². The monoisotopic (exact) mass is 356 g/mol. The van der Waals surface area contributed by atoms with E-state index in [1.165, 1.54) is 0 Å². The Morgan fingerprint density at radius 1 is 1.14 bits per heavy atom. The van der Waals surface area contributed by atoms with Crippen LogP contribution in [-0.4, -0.2) is 10.5 Å². The second kappa shape index (κ2) is 5.77. The van der Waals surface area contributed by atoms with Gasteiger partial charge in [-0.3, -0.25) is 9.59 Å². The Kier molecular flexibility index (Phi) is 3.81. The van der Waals surface area contributed by atoms with Gasteiger partial charge in [0.15, 0.2) is 5.43 Å². The Morgan fingerprint density at radius 2 is 1.86 bits per heavy atom. The van der Waals surface area contributed by atoms with Crippen LogP contribution >= 0.6 is 15.9 Å². The molecule has 1 amide bonds. The van der Waals surface area contributed by atoms with E-state index >= 15 is 0 Å². The lowest BCUT2D eigenvalue weighted by Gasteiger charge is -2.12. The maximum absolute atomic E-state index is 12.7. The third-order valence-electron chi connectivity index (χ3n) is 3.45. The van der Waals surface area contributed by atoms with Crippen LogP contribution < -0.4 is 11.2 Å². The number of halogens is 1. The van der Waals surface area contributed by atoms with Crippen LogP contribution in [0.2, 0.25) is 0 Å². The fraction of sp³-hybridized carbons (Fsp3) is 0.0588. The molecule has 1 heterocycles. The molecule has 0 saturated heterocycles. The Balaban J connectivity index is 2.36. The van der Waals surface area contributed by atoms with Crippen molar-refractivity contribution in [3.8, 4) is 11.1 Å². The first kappa shape index (κ1) is 14.5. The van der Waals surface area contributed by atoms with Gasteiger partial charge in [-0.05, 0) is 23.8 Å². The van der Waals surface area contributed by atoms with E-state index in [2.05, 4.69) is 15.9 Å². The molecule has 0 unspecified atom stereocenters. The fourth-order valence-corrected chi connectivity index (χ4v) is 2.83. The van der Waals surface area contributed by atoms with E-state index in [1.807, 2.05) is 42.5 Å². The first-order valence-corrected chi connectivity index (χ1v) is 7.52. The molecule has 0 bridgehead atoms. The lowest BCUT2D eigenvalue weighted by Crippen LogP contribution is -2.21. The van der Waals surface area contributed by atoms with E-state index in [-0.39, 0.29) is 12.0 Å². The topological polar surface area (TPSA) is 65.1 Å². The van der Waals surface area contributed by atoms with Gasteiger partial charge >= 0.3 is 0 Å². The first-order valence-electron chi connectivity index (χ1n) is 6.72. The molecule has 0 aliphatic heterocycles. The SMILES string of the molecule is NC(=O)Cn1cc(-c2ccccc2)c(=O)c2ccc(Br)cc21. The van der Waals surface area contributed by atoms with Crippen LogP contribution in [0.15, 0.2) is 64.0 Å². The van der Waals surface area contributed by atoms with Crippen molar-refractivity contribution in [2.75, 3.05) is 0 Å². The number of aromatic nitrogens is 1. The summed E-state index contributed by atoms with van der Waals surface area (Å²) in [6.07, 6.45) is 1.69. The van der Waals surface area contributed by atoms with Gasteiger partial charge in [0, 0.05) is 21.6 Å². The summed E-state index contributed by atoms with van der Waals surface area (Å²) in [5.41, 5.74) is 7.32. The number of carbonyl (C=O) groups is 1. The molecule has 0 radical (unpaired) electrons. The number of hydrogen-bond acceptors (Lipinski definition) is 2. The molecular formula is C17H13BrN2O2. The molecular weight excluding hydrogens is 344 g/mol. The molecule has 22 heavy (non-hydrogen) atoms. The number of amides is 1. The molecule has 0 aliphatic rings. The summed E-state index contributed by atoms with van der Waals surface area (Å²) < 4.78 is 2.55. The maximum Gasteiger partial charge on any atom is 0.237 e. The van der Waals surface area contributed by atoms with Crippen LogP contribution in [0.25, 0.3) is 22.0 Å². The van der Waals surface area contributed by atoms with E-state index in [0.717, 1.165) is 10.0 Å². The molecule has 0 spiro atoms. The van der Waals surface area contributed by atoms with Crippen LogP contribution in [0, 0.1) is 0 Å². The minimum atomic E-state index is -0.455. The van der Waals surface area contributed by atoms with E-state index < -0.39 is 5.91 Å². The number of hydrogen-bond donors (Lipinski definition) is 1. The summed E-state index contributed by atoms with van der Waals surface area (Å²) in [4.78, 5) is 24.1. The average molecular weight is 357 g/mol. The molecule has 3 rings (SSSR count). The smallest absolute Gasteiger partial charge is 0.237 e. The Morgan fingerprint density at radius 3 is 2.55 bits per heavy atom. The number of nitrogens with zero attached hydrogens (tertiary/aromatic N) is 1. The third kappa shape index (κ3) is 2.67. The van der Waals surface area contributed by atoms with Crippen molar-refractivity contribution in [1.82, 2.24) is 4.57 Å². The predicted molar refractivity (Wildman–Crippen MR) is 90.5 cm³/mol. The first-order chi connectivity index (χ1) is 10.6. The summed E-state index contributed by atoms with van der Waals surface area (Å²) >= 11 is 3.39. The molecule has 0 fully saturated rings. The number of pyridine rings is 1. The number of fused-ring (bicyclic) bond motifs is 1. The highest BCUT2D eigenvalue weighted by atomic mass is 79.9. The highest BCUT2D eigenvalue weighted by molar-refractivity contribution is 9.10. The number of rotatable bonds is 3. The van der Waals surface area contributed by atoms with E-state index in [9.17, 15) is 9.59 Å². The molecule has 4 nitrogen and oxygen atoms in total. The van der Waals surface area contributed by atoms with Gasteiger partial charge < -0.3 is 10.3 Å². The zero-order valence-electron chi connectivity index (χ0n) is 11.6. The van der Waals surface area contributed by atoms with Crippen molar-refractivity contribution in [1.29, 1.82) is 0 Å². The number of carbonyl (C=O) groups excluding carboxylic acids is 1. The summed E-state index contributed by atoms with van der Waals surface area (Å²) in [7, 11) is 0. The number of nitrogens with two attached hydrogens (primary N) is 1. The van der Waals surface area contributed by atoms with Gasteiger partial charge in [0.2, 0.25) is 5.91 Å². The molecule has 2 N–H and O–H groups in total. The van der Waals surface area contributed by atoms with Crippen molar-refractivity contribution in [2.24, 2.45) is 5.73 Å². The Hall–Kier alpha value is -2.40. The summed E-state index contributed by atoms with van der Waals surface area (Å²) in [5.74, 6) is -0.455. The molecule has 110 valence electrons. The molecule has 0 saturated carbocycles. The summed E-state index contributed by atoms with van der Waals surface area (Å²) in [6, 6.07) is 14.8. The number of benzene rings is 2. The second-order valence-electron chi connectivity index (χ2n) is 4.99. The molecule has 5 heteroatoms. The minimum absolute atomic E-state index is 0.0209. The van der Waals surface area contributed by atoms with Crippen molar-refractivity contribution < 1.29 is 4.79 Å². The van der Waals surface area contributed by atoms with Gasteiger partial charge in [-0.25, -0.2) is 0 Å². The average Bonchev–Trinajstić information content (AvgIpc) is 2.50. The van der Waals surface area contributed by atoms with Gasteiger partial charge in [0.05, 0.1) is 5.52 Å². The summed E-state index contributed by atoms with van der Waals surface area (Å²) in [5, 5.41) is 0.561. The van der Waals surface area contributed by atoms with E-state index in [1.54, 1.807) is 16.8 Å². The van der Waals surface area contributed by atoms with E-state index in [0.29, 0.717) is 16.5 Å². The van der Waals surface area contributed by atoms with Crippen LogP contribution in [0.4, 0.5) is 0 Å². The lowest BCUT2D eigenvalue weighted by molar-refractivity contribution is -0.118. The van der Waals surface area contributed by atoms with Crippen molar-refractivity contribution in [3.63, 3.8) is 0 Å². The van der Waals surface area contributed by atoms with Crippen molar-refractivity contribution in [3.05, 3.63) is 69.4 Å². The minimum Gasteiger partial charge on any atom is -0.368 e. The van der Waals surface area contributed by atoms with Gasteiger partial charge in [0.1, 0.15) is 6.54 Å². The van der Waals surface area contributed by atoms with Gasteiger partial charge in [-0.2, -0.15) is 0 Å².